The summed E-state index contributed by atoms with van der Waals surface area (Å²) in [5.74, 6) is 1.07. The summed E-state index contributed by atoms with van der Waals surface area (Å²) in [6.07, 6.45) is 8.52. The molecule has 1 saturated heterocycles. The highest BCUT2D eigenvalue weighted by atomic mass is 35.5. The predicted molar refractivity (Wildman–Crippen MR) is 102 cm³/mol. The Labute approximate surface area is 164 Å². The van der Waals surface area contributed by atoms with E-state index in [-0.39, 0.29) is 21.3 Å². The van der Waals surface area contributed by atoms with Crippen LogP contribution in [0.5, 0.6) is 0 Å². The average molecular weight is 407 g/mol. The summed E-state index contributed by atoms with van der Waals surface area (Å²) in [6, 6.07) is 7.20. The molecule has 1 spiro atoms. The molecule has 5 rings (SSSR count). The van der Waals surface area contributed by atoms with Crippen LogP contribution in [0.25, 0.3) is 0 Å². The zero-order chi connectivity index (χ0) is 18.6. The monoisotopic (exact) mass is 406 g/mol. The van der Waals surface area contributed by atoms with Gasteiger partial charge in [0.05, 0.1) is 5.02 Å². The van der Waals surface area contributed by atoms with E-state index in [1.54, 1.807) is 28.6 Å². The Bertz CT molecular complexity index is 964. The fourth-order valence-corrected chi connectivity index (χ4v) is 7.02. The van der Waals surface area contributed by atoms with Crippen LogP contribution in [0.1, 0.15) is 56.3 Å². The van der Waals surface area contributed by atoms with Gasteiger partial charge in [-0.3, -0.25) is 0 Å². The number of rotatable bonds is 4. The molecule has 1 aliphatic heterocycles. The molecule has 2 aliphatic carbocycles. The molecule has 0 amide bonds. The molecule has 144 valence electrons. The van der Waals surface area contributed by atoms with Crippen molar-refractivity contribution >= 4 is 21.6 Å². The highest BCUT2D eigenvalue weighted by Crippen LogP contribution is 2.55. The Morgan fingerprint density at radius 2 is 1.89 bits per heavy atom. The lowest BCUT2D eigenvalue weighted by molar-refractivity contribution is 0.272. The summed E-state index contributed by atoms with van der Waals surface area (Å²) in [7, 11) is -3.63. The first kappa shape index (κ1) is 17.6. The number of hydrogen-bond acceptors (Lipinski definition) is 4. The highest BCUT2D eigenvalue weighted by Gasteiger charge is 2.54. The van der Waals surface area contributed by atoms with Crippen LogP contribution in [-0.4, -0.2) is 40.6 Å². The molecule has 6 nitrogen and oxygen atoms in total. The van der Waals surface area contributed by atoms with Gasteiger partial charge in [0.1, 0.15) is 17.0 Å². The third-order valence-corrected chi connectivity index (χ3v) is 8.83. The Morgan fingerprint density at radius 3 is 2.59 bits per heavy atom. The van der Waals surface area contributed by atoms with Gasteiger partial charge in [-0.05, 0) is 43.2 Å². The smallest absolute Gasteiger partial charge is 0.244 e. The minimum Gasteiger partial charge on any atom is -0.314 e. The second-order valence-corrected chi connectivity index (χ2v) is 10.5. The molecule has 3 aliphatic rings. The topological polar surface area (TPSA) is 68.1 Å². The van der Waals surface area contributed by atoms with Crippen molar-refractivity contribution in [3.63, 3.8) is 0 Å². The first-order valence-electron chi connectivity index (χ1n) is 9.65. The maximum absolute atomic E-state index is 13.3. The van der Waals surface area contributed by atoms with Gasteiger partial charge in [-0.1, -0.05) is 36.6 Å². The lowest BCUT2D eigenvalue weighted by Gasteiger charge is -2.29. The molecule has 1 atom stereocenters. The lowest BCUT2D eigenvalue weighted by atomic mass is 9.76. The standard InChI is InChI=1S/C19H23ClN4O2S/c20-16-5-1-2-6-17(16)27(25,26)23-11-15(19(12-23)9-3-4-10-19)18-22-21-13-24(18)14-7-8-14/h1-2,5-6,13-15H,3-4,7-12H2. The van der Waals surface area contributed by atoms with Crippen LogP contribution in [0.4, 0.5) is 0 Å². The zero-order valence-corrected chi connectivity index (χ0v) is 16.7. The van der Waals surface area contributed by atoms with Crippen LogP contribution in [0.2, 0.25) is 5.02 Å². The van der Waals surface area contributed by atoms with Crippen molar-refractivity contribution in [1.29, 1.82) is 0 Å². The SMILES string of the molecule is O=S(=O)(c1ccccc1Cl)N1CC(c2nncn2C2CC2)C2(CCCC2)C1. The van der Waals surface area contributed by atoms with Crippen molar-refractivity contribution in [2.75, 3.05) is 13.1 Å². The minimum absolute atomic E-state index is 0.0337. The van der Waals surface area contributed by atoms with E-state index in [2.05, 4.69) is 14.8 Å². The molecular formula is C19H23ClN4O2S. The van der Waals surface area contributed by atoms with Gasteiger partial charge in [0.15, 0.2) is 0 Å². The second-order valence-electron chi connectivity index (χ2n) is 8.18. The molecule has 8 heteroatoms. The second kappa shape index (κ2) is 6.29. The molecule has 2 heterocycles. The summed E-state index contributed by atoms with van der Waals surface area (Å²) in [4.78, 5) is 0.198. The number of hydrogen-bond donors (Lipinski definition) is 0. The van der Waals surface area contributed by atoms with Gasteiger partial charge in [-0.25, -0.2) is 8.42 Å². The number of benzene rings is 1. The molecule has 0 bridgehead atoms. The van der Waals surface area contributed by atoms with Crippen molar-refractivity contribution < 1.29 is 8.42 Å². The van der Waals surface area contributed by atoms with Gasteiger partial charge < -0.3 is 4.57 Å². The maximum Gasteiger partial charge on any atom is 0.244 e. The van der Waals surface area contributed by atoms with Crippen LogP contribution in [-0.2, 0) is 10.0 Å². The largest absolute Gasteiger partial charge is 0.314 e. The molecule has 27 heavy (non-hydrogen) atoms. The van der Waals surface area contributed by atoms with Gasteiger partial charge in [0, 0.05) is 25.0 Å². The van der Waals surface area contributed by atoms with Crippen LogP contribution in [0, 0.1) is 5.41 Å². The fourth-order valence-electron chi connectivity index (χ4n) is 4.98. The molecule has 1 unspecified atom stereocenters. The Morgan fingerprint density at radius 1 is 1.15 bits per heavy atom. The molecule has 0 N–H and O–H groups in total. The van der Waals surface area contributed by atoms with E-state index in [1.165, 1.54) is 0 Å². The Kier molecular flexibility index (Phi) is 4.11. The highest BCUT2D eigenvalue weighted by molar-refractivity contribution is 7.89. The third kappa shape index (κ3) is 2.82. The van der Waals surface area contributed by atoms with Gasteiger partial charge in [0.25, 0.3) is 0 Å². The molecule has 3 fully saturated rings. The van der Waals surface area contributed by atoms with Crippen LogP contribution >= 0.6 is 11.6 Å². The molecule has 2 aromatic rings. The van der Waals surface area contributed by atoms with Gasteiger partial charge in [-0.15, -0.1) is 10.2 Å². The lowest BCUT2D eigenvalue weighted by Crippen LogP contribution is -2.31. The van der Waals surface area contributed by atoms with E-state index in [9.17, 15) is 8.42 Å². The Hall–Kier alpha value is -1.44. The maximum atomic E-state index is 13.3. The molecule has 0 radical (unpaired) electrons. The Balaban J connectivity index is 1.54. The van der Waals surface area contributed by atoms with Crippen molar-refractivity contribution in [2.45, 2.75) is 55.4 Å². The van der Waals surface area contributed by atoms with Crippen LogP contribution < -0.4 is 0 Å². The van der Waals surface area contributed by atoms with Crippen molar-refractivity contribution in [1.82, 2.24) is 19.1 Å². The van der Waals surface area contributed by atoms with E-state index in [0.717, 1.165) is 44.3 Å². The number of sulfonamides is 1. The number of halogens is 1. The summed E-state index contributed by atoms with van der Waals surface area (Å²) in [5, 5.41) is 8.90. The van der Waals surface area contributed by atoms with E-state index in [4.69, 9.17) is 11.6 Å². The normalized spacial score (nSPS) is 25.4. The molecule has 1 aromatic carbocycles. The van der Waals surface area contributed by atoms with E-state index in [1.807, 2.05) is 6.33 Å². The number of nitrogens with zero attached hydrogens (tertiary/aromatic N) is 4. The molecule has 2 saturated carbocycles. The first-order chi connectivity index (χ1) is 13.0. The van der Waals surface area contributed by atoms with E-state index in [0.29, 0.717) is 19.1 Å². The minimum atomic E-state index is -3.63. The number of aromatic nitrogens is 3. The summed E-state index contributed by atoms with van der Waals surface area (Å²) >= 11 is 6.22. The zero-order valence-electron chi connectivity index (χ0n) is 15.1. The van der Waals surface area contributed by atoms with Gasteiger partial charge >= 0.3 is 0 Å². The van der Waals surface area contributed by atoms with Crippen molar-refractivity contribution in [3.8, 4) is 0 Å². The molecule has 1 aromatic heterocycles. The average Bonchev–Trinajstić information content (AvgIpc) is 3.08. The summed E-state index contributed by atoms with van der Waals surface area (Å²) in [6.45, 7) is 1.00. The quantitative estimate of drug-likeness (QED) is 0.777. The summed E-state index contributed by atoms with van der Waals surface area (Å²) in [5.41, 5.74) is -0.0337. The fraction of sp³-hybridized carbons (Fsp3) is 0.579. The van der Waals surface area contributed by atoms with Crippen molar-refractivity contribution in [2.24, 2.45) is 5.41 Å². The molecular weight excluding hydrogens is 384 g/mol. The van der Waals surface area contributed by atoms with Crippen LogP contribution in [0.15, 0.2) is 35.5 Å². The summed E-state index contributed by atoms with van der Waals surface area (Å²) < 4.78 is 30.5. The van der Waals surface area contributed by atoms with E-state index >= 15 is 0 Å². The first-order valence-corrected chi connectivity index (χ1v) is 11.5. The van der Waals surface area contributed by atoms with Gasteiger partial charge in [-0.2, -0.15) is 4.31 Å². The van der Waals surface area contributed by atoms with Crippen LogP contribution in [0.3, 0.4) is 0 Å². The van der Waals surface area contributed by atoms with E-state index < -0.39 is 10.0 Å². The van der Waals surface area contributed by atoms with Gasteiger partial charge in [0.2, 0.25) is 10.0 Å². The van der Waals surface area contributed by atoms with Crippen molar-refractivity contribution in [3.05, 3.63) is 41.4 Å². The third-order valence-electron chi connectivity index (χ3n) is 6.52. The predicted octanol–water partition coefficient (Wildman–Crippen LogP) is 3.61.